The predicted molar refractivity (Wildman–Crippen MR) is 64.8 cm³/mol. The summed E-state index contributed by atoms with van der Waals surface area (Å²) in [5.74, 6) is 0.852. The highest BCUT2D eigenvalue weighted by atomic mass is 79.9. The van der Waals surface area contributed by atoms with Crippen LogP contribution in [-0.2, 0) is 9.47 Å². The Morgan fingerprint density at radius 2 is 2.06 bits per heavy atom. The van der Waals surface area contributed by atoms with Crippen LogP contribution in [0.3, 0.4) is 0 Å². The minimum atomic E-state index is 0.0346. The highest BCUT2D eigenvalue weighted by Gasteiger charge is 2.20. The van der Waals surface area contributed by atoms with Crippen molar-refractivity contribution in [2.24, 2.45) is 0 Å². The first-order valence-corrected chi connectivity index (χ1v) is 6.15. The van der Waals surface area contributed by atoms with Gasteiger partial charge in [0.1, 0.15) is 18.5 Å². The van der Waals surface area contributed by atoms with Crippen molar-refractivity contribution in [2.75, 3.05) is 19.8 Å². The number of ether oxygens (including phenoxy) is 3. The van der Waals surface area contributed by atoms with Gasteiger partial charge in [0.2, 0.25) is 0 Å². The van der Waals surface area contributed by atoms with E-state index in [0.29, 0.717) is 19.8 Å². The third kappa shape index (κ3) is 3.47. The first kappa shape index (κ1) is 11.9. The standard InChI is InChI=1S/C12H15BrO3/c1-9-6-14-7-12(16-9)8-15-11-4-2-10(13)3-5-11/h2-5,9,12H,6-8H2,1H3/t9-,12?/m0/s1. The molecule has 1 aliphatic rings. The lowest BCUT2D eigenvalue weighted by Gasteiger charge is -2.27. The van der Waals surface area contributed by atoms with E-state index in [2.05, 4.69) is 15.9 Å². The van der Waals surface area contributed by atoms with Gasteiger partial charge in [-0.2, -0.15) is 0 Å². The molecule has 2 atom stereocenters. The highest BCUT2D eigenvalue weighted by Crippen LogP contribution is 2.17. The second-order valence-corrected chi connectivity index (χ2v) is 4.79. The van der Waals surface area contributed by atoms with Crippen LogP contribution in [0.15, 0.2) is 28.7 Å². The molecule has 1 fully saturated rings. The summed E-state index contributed by atoms with van der Waals surface area (Å²) >= 11 is 3.38. The van der Waals surface area contributed by atoms with E-state index >= 15 is 0 Å². The van der Waals surface area contributed by atoms with Crippen molar-refractivity contribution in [3.8, 4) is 5.75 Å². The maximum absolute atomic E-state index is 5.67. The molecule has 0 radical (unpaired) electrons. The molecule has 0 spiro atoms. The second kappa shape index (κ2) is 5.66. The highest BCUT2D eigenvalue weighted by molar-refractivity contribution is 9.10. The van der Waals surface area contributed by atoms with Gasteiger partial charge >= 0.3 is 0 Å². The van der Waals surface area contributed by atoms with Crippen LogP contribution in [0.25, 0.3) is 0 Å². The topological polar surface area (TPSA) is 27.7 Å². The van der Waals surface area contributed by atoms with Crippen LogP contribution in [0.1, 0.15) is 6.92 Å². The third-order valence-corrected chi connectivity index (χ3v) is 2.86. The largest absolute Gasteiger partial charge is 0.491 e. The van der Waals surface area contributed by atoms with E-state index in [1.807, 2.05) is 31.2 Å². The zero-order valence-corrected chi connectivity index (χ0v) is 10.8. The van der Waals surface area contributed by atoms with E-state index in [4.69, 9.17) is 14.2 Å². The number of benzene rings is 1. The quantitative estimate of drug-likeness (QED) is 0.855. The Labute approximate surface area is 104 Å². The van der Waals surface area contributed by atoms with Gasteiger partial charge in [-0.1, -0.05) is 15.9 Å². The van der Waals surface area contributed by atoms with Crippen molar-refractivity contribution in [3.05, 3.63) is 28.7 Å². The molecule has 0 bridgehead atoms. The lowest BCUT2D eigenvalue weighted by atomic mass is 10.3. The average Bonchev–Trinajstić information content (AvgIpc) is 2.28. The smallest absolute Gasteiger partial charge is 0.119 e. The van der Waals surface area contributed by atoms with Crippen LogP contribution in [0.4, 0.5) is 0 Å². The fourth-order valence-electron chi connectivity index (χ4n) is 1.58. The number of rotatable bonds is 3. The Balaban J connectivity index is 1.80. The molecule has 1 aliphatic heterocycles. The number of hydrogen-bond acceptors (Lipinski definition) is 3. The molecule has 16 heavy (non-hydrogen) atoms. The van der Waals surface area contributed by atoms with Gasteiger partial charge < -0.3 is 14.2 Å². The summed E-state index contributed by atoms with van der Waals surface area (Å²) in [4.78, 5) is 0. The molecule has 2 rings (SSSR count). The molecule has 4 heteroatoms. The van der Waals surface area contributed by atoms with Crippen molar-refractivity contribution in [1.82, 2.24) is 0 Å². The van der Waals surface area contributed by atoms with Gasteiger partial charge in [0.05, 0.1) is 19.3 Å². The summed E-state index contributed by atoms with van der Waals surface area (Å²) in [7, 11) is 0. The Kier molecular flexibility index (Phi) is 4.21. The van der Waals surface area contributed by atoms with Gasteiger partial charge in [-0.25, -0.2) is 0 Å². The van der Waals surface area contributed by atoms with Gasteiger partial charge in [0.25, 0.3) is 0 Å². The van der Waals surface area contributed by atoms with Crippen LogP contribution >= 0.6 is 15.9 Å². The molecular formula is C12H15BrO3. The summed E-state index contributed by atoms with van der Waals surface area (Å²) in [5.41, 5.74) is 0. The van der Waals surface area contributed by atoms with E-state index in [9.17, 15) is 0 Å². The molecule has 1 saturated heterocycles. The Morgan fingerprint density at radius 3 is 2.75 bits per heavy atom. The summed E-state index contributed by atoms with van der Waals surface area (Å²) in [6.45, 7) is 3.83. The van der Waals surface area contributed by atoms with Crippen LogP contribution in [-0.4, -0.2) is 32.0 Å². The average molecular weight is 287 g/mol. The van der Waals surface area contributed by atoms with Crippen molar-refractivity contribution < 1.29 is 14.2 Å². The third-order valence-electron chi connectivity index (χ3n) is 2.33. The fourth-order valence-corrected chi connectivity index (χ4v) is 1.84. The zero-order valence-electron chi connectivity index (χ0n) is 9.19. The molecule has 0 aliphatic carbocycles. The van der Waals surface area contributed by atoms with E-state index in [1.165, 1.54) is 0 Å². The Hall–Kier alpha value is -0.580. The van der Waals surface area contributed by atoms with Crippen molar-refractivity contribution in [1.29, 1.82) is 0 Å². The molecule has 1 aromatic carbocycles. The van der Waals surface area contributed by atoms with Crippen molar-refractivity contribution >= 4 is 15.9 Å². The fraction of sp³-hybridized carbons (Fsp3) is 0.500. The molecule has 0 aromatic heterocycles. The molecule has 0 saturated carbocycles. The molecular weight excluding hydrogens is 272 g/mol. The minimum Gasteiger partial charge on any atom is -0.491 e. The Morgan fingerprint density at radius 1 is 1.31 bits per heavy atom. The number of hydrogen-bond donors (Lipinski definition) is 0. The van der Waals surface area contributed by atoms with E-state index in [1.54, 1.807) is 0 Å². The van der Waals surface area contributed by atoms with E-state index < -0.39 is 0 Å². The van der Waals surface area contributed by atoms with Crippen LogP contribution in [0, 0.1) is 0 Å². The van der Waals surface area contributed by atoms with Gasteiger partial charge in [0.15, 0.2) is 0 Å². The Bertz CT molecular complexity index is 326. The first-order chi connectivity index (χ1) is 7.74. The van der Waals surface area contributed by atoms with Gasteiger partial charge in [0, 0.05) is 4.47 Å². The molecule has 3 nitrogen and oxygen atoms in total. The van der Waals surface area contributed by atoms with Crippen LogP contribution < -0.4 is 4.74 Å². The van der Waals surface area contributed by atoms with Crippen LogP contribution in [0.2, 0.25) is 0 Å². The second-order valence-electron chi connectivity index (χ2n) is 3.87. The van der Waals surface area contributed by atoms with Crippen molar-refractivity contribution in [2.45, 2.75) is 19.1 Å². The minimum absolute atomic E-state index is 0.0346. The van der Waals surface area contributed by atoms with E-state index in [0.717, 1.165) is 10.2 Å². The predicted octanol–water partition coefficient (Wildman–Crippen LogP) is 2.63. The van der Waals surface area contributed by atoms with Gasteiger partial charge in [-0.05, 0) is 31.2 Å². The van der Waals surface area contributed by atoms with Gasteiger partial charge in [-0.15, -0.1) is 0 Å². The molecule has 0 N–H and O–H groups in total. The zero-order chi connectivity index (χ0) is 11.4. The number of halogens is 1. The maximum atomic E-state index is 5.67. The molecule has 0 amide bonds. The van der Waals surface area contributed by atoms with Gasteiger partial charge in [-0.3, -0.25) is 0 Å². The maximum Gasteiger partial charge on any atom is 0.119 e. The SMILES string of the molecule is C[C@H]1COCC(COc2ccc(Br)cc2)O1. The normalized spacial score (nSPS) is 25.4. The first-order valence-electron chi connectivity index (χ1n) is 5.35. The molecule has 1 aromatic rings. The van der Waals surface area contributed by atoms with Crippen molar-refractivity contribution in [3.63, 3.8) is 0 Å². The van der Waals surface area contributed by atoms with E-state index in [-0.39, 0.29) is 12.2 Å². The molecule has 1 unspecified atom stereocenters. The molecule has 1 heterocycles. The summed E-state index contributed by atoms with van der Waals surface area (Å²) < 4.78 is 17.7. The van der Waals surface area contributed by atoms with Crippen LogP contribution in [0.5, 0.6) is 5.75 Å². The summed E-state index contributed by atoms with van der Waals surface area (Å²) in [5, 5.41) is 0. The summed E-state index contributed by atoms with van der Waals surface area (Å²) in [6, 6.07) is 7.76. The lowest BCUT2D eigenvalue weighted by Crippen LogP contribution is -2.38. The monoisotopic (exact) mass is 286 g/mol. The lowest BCUT2D eigenvalue weighted by molar-refractivity contribution is -0.140. The summed E-state index contributed by atoms with van der Waals surface area (Å²) in [6.07, 6.45) is 0.194. The molecule has 88 valence electrons.